The monoisotopic (exact) mass is 503 g/mol. The van der Waals surface area contributed by atoms with Crippen LogP contribution in [0.1, 0.15) is 47.1 Å². The Labute approximate surface area is 209 Å². The fraction of sp³-hybridized carbons (Fsp3) is 0.423. The number of aldehydes is 1. The van der Waals surface area contributed by atoms with Crippen LogP contribution in [-0.4, -0.2) is 58.7 Å². The smallest absolute Gasteiger partial charge is 0.373 e. The molecule has 2 aliphatic heterocycles. The molecule has 2 aromatic rings. The Morgan fingerprint density at radius 1 is 1.33 bits per heavy atom. The third-order valence-electron chi connectivity index (χ3n) is 6.10. The number of alkyl halides is 3. The van der Waals surface area contributed by atoms with Crippen molar-refractivity contribution in [1.82, 2.24) is 19.7 Å². The maximum absolute atomic E-state index is 12.3. The summed E-state index contributed by atoms with van der Waals surface area (Å²) >= 11 is 0. The van der Waals surface area contributed by atoms with E-state index in [0.717, 1.165) is 49.3 Å². The molecule has 4 heterocycles. The van der Waals surface area contributed by atoms with Crippen LogP contribution in [0, 0.1) is 0 Å². The molecule has 0 amide bonds. The van der Waals surface area contributed by atoms with Crippen LogP contribution in [0.15, 0.2) is 49.2 Å². The Balaban J connectivity index is 0.000000201. The van der Waals surface area contributed by atoms with E-state index in [1.54, 1.807) is 6.08 Å². The molecule has 0 aromatic carbocycles. The van der Waals surface area contributed by atoms with Gasteiger partial charge in [0.25, 0.3) is 0 Å². The summed E-state index contributed by atoms with van der Waals surface area (Å²) in [6.07, 6.45) is 7.05. The van der Waals surface area contributed by atoms with Crippen LogP contribution in [0.2, 0.25) is 0 Å². The van der Waals surface area contributed by atoms with E-state index < -0.39 is 11.7 Å². The molecule has 194 valence electrons. The molecule has 0 radical (unpaired) electrons. The number of hydrogen-bond acceptors (Lipinski definition) is 6. The SMILES string of the molecule is C=C/C=C(\C=C/C)c1nn2c(c1C=O)COCC2.CN1CCCC1CNc1ccc(C(F)(F)F)cn1. The van der Waals surface area contributed by atoms with Crippen molar-refractivity contribution < 1.29 is 22.7 Å². The van der Waals surface area contributed by atoms with Crippen molar-refractivity contribution in [2.75, 3.05) is 32.1 Å². The number of halogens is 3. The second kappa shape index (κ2) is 12.6. The van der Waals surface area contributed by atoms with Crippen LogP contribution in [-0.2, 0) is 24.1 Å². The van der Waals surface area contributed by atoms with E-state index in [1.807, 2.05) is 29.8 Å². The predicted octanol–water partition coefficient (Wildman–Crippen LogP) is 4.98. The van der Waals surface area contributed by atoms with Crippen molar-refractivity contribution in [3.8, 4) is 0 Å². The highest BCUT2D eigenvalue weighted by atomic mass is 19.4. The number of likely N-dealkylation sites (N-methyl/N-ethyl adjacent to an activating group) is 1. The molecule has 1 atom stereocenters. The maximum atomic E-state index is 12.3. The molecule has 36 heavy (non-hydrogen) atoms. The zero-order valence-corrected chi connectivity index (χ0v) is 20.6. The van der Waals surface area contributed by atoms with Crippen molar-refractivity contribution in [1.29, 1.82) is 0 Å². The molecule has 1 saturated heterocycles. The number of rotatable bonds is 7. The number of fused-ring (bicyclic) bond motifs is 1. The largest absolute Gasteiger partial charge is 0.417 e. The quantitative estimate of drug-likeness (QED) is 0.425. The molecule has 1 fully saturated rings. The highest BCUT2D eigenvalue weighted by Gasteiger charge is 2.30. The Hall–Kier alpha value is -3.24. The molecule has 1 N–H and O–H groups in total. The average Bonchev–Trinajstić information content (AvgIpc) is 3.45. The molecular formula is C26H32F3N5O2. The summed E-state index contributed by atoms with van der Waals surface area (Å²) in [4.78, 5) is 17.3. The molecule has 4 rings (SSSR count). The van der Waals surface area contributed by atoms with Crippen molar-refractivity contribution in [3.63, 3.8) is 0 Å². The summed E-state index contributed by atoms with van der Waals surface area (Å²) < 4.78 is 44.2. The number of nitrogens with zero attached hydrogens (tertiary/aromatic N) is 4. The second-order valence-corrected chi connectivity index (χ2v) is 8.55. The third kappa shape index (κ3) is 6.92. The van der Waals surface area contributed by atoms with E-state index >= 15 is 0 Å². The van der Waals surface area contributed by atoms with Crippen LogP contribution >= 0.6 is 0 Å². The van der Waals surface area contributed by atoms with Crippen molar-refractivity contribution in [2.24, 2.45) is 0 Å². The Kier molecular flexibility index (Phi) is 9.60. The number of aromatic nitrogens is 3. The summed E-state index contributed by atoms with van der Waals surface area (Å²) in [5.74, 6) is 0.489. The Morgan fingerprint density at radius 3 is 2.72 bits per heavy atom. The van der Waals surface area contributed by atoms with Crippen LogP contribution in [0.25, 0.3) is 5.57 Å². The van der Waals surface area contributed by atoms with Crippen LogP contribution in [0.5, 0.6) is 0 Å². The molecule has 0 spiro atoms. The molecule has 0 bridgehead atoms. The number of pyridine rings is 1. The molecule has 0 aliphatic carbocycles. The Bertz CT molecular complexity index is 1090. The van der Waals surface area contributed by atoms with Gasteiger partial charge in [0, 0.05) is 24.4 Å². The molecule has 10 heteroatoms. The summed E-state index contributed by atoms with van der Waals surface area (Å²) in [5.41, 5.74) is 2.33. The van der Waals surface area contributed by atoms with Gasteiger partial charge in [-0.2, -0.15) is 18.3 Å². The Morgan fingerprint density at radius 2 is 2.14 bits per heavy atom. The lowest BCUT2D eigenvalue weighted by atomic mass is 10.1. The van der Waals surface area contributed by atoms with E-state index in [4.69, 9.17) is 4.74 Å². The van der Waals surface area contributed by atoms with Crippen LogP contribution < -0.4 is 5.32 Å². The van der Waals surface area contributed by atoms with Gasteiger partial charge in [0.1, 0.15) is 11.5 Å². The van der Waals surface area contributed by atoms with Gasteiger partial charge < -0.3 is 15.0 Å². The lowest BCUT2D eigenvalue weighted by Crippen LogP contribution is -2.31. The number of carbonyl (C=O) groups is 1. The summed E-state index contributed by atoms with van der Waals surface area (Å²) in [5, 5.41) is 7.57. The molecular weight excluding hydrogens is 471 g/mol. The maximum Gasteiger partial charge on any atom is 0.417 e. The number of anilines is 1. The summed E-state index contributed by atoms with van der Waals surface area (Å²) in [6.45, 7) is 9.17. The van der Waals surface area contributed by atoms with Crippen LogP contribution in [0.3, 0.4) is 0 Å². The first-order valence-corrected chi connectivity index (χ1v) is 11.8. The van der Waals surface area contributed by atoms with Crippen molar-refractivity contribution in [3.05, 3.63) is 71.7 Å². The summed E-state index contributed by atoms with van der Waals surface area (Å²) in [6, 6.07) is 2.86. The first-order valence-electron chi connectivity index (χ1n) is 11.8. The van der Waals surface area contributed by atoms with E-state index in [2.05, 4.69) is 33.9 Å². The normalized spacial score (nSPS) is 18.5. The fourth-order valence-electron chi connectivity index (χ4n) is 4.15. The van der Waals surface area contributed by atoms with E-state index in [1.165, 1.54) is 12.5 Å². The molecule has 2 aliphatic rings. The highest BCUT2D eigenvalue weighted by molar-refractivity contribution is 5.88. The molecule has 2 aromatic heterocycles. The standard InChI is InChI=1S/C14H16N2O2.C12H16F3N3/c1-3-5-11(6-4-2)14-12(9-17)13-10-18-8-7-16(13)15-14;1-18-6-2-3-10(18)8-17-11-5-4-9(7-16-11)12(13,14)15/h3-6,9H,1,7-8,10H2,2H3;4-5,7,10H,2-3,6,8H2,1H3,(H,16,17)/b6-4-,11-5+;. The van der Waals surface area contributed by atoms with Gasteiger partial charge in [-0.15, -0.1) is 0 Å². The van der Waals surface area contributed by atoms with Gasteiger partial charge >= 0.3 is 6.18 Å². The van der Waals surface area contributed by atoms with Crippen LogP contribution in [0.4, 0.5) is 19.0 Å². The lowest BCUT2D eigenvalue weighted by Gasteiger charge is -2.20. The number of nitrogens with one attached hydrogen (secondary N) is 1. The van der Waals surface area contributed by atoms with Gasteiger partial charge in [0.15, 0.2) is 6.29 Å². The molecule has 7 nitrogen and oxygen atoms in total. The first kappa shape index (κ1) is 27.3. The van der Waals surface area contributed by atoms with Crippen molar-refractivity contribution >= 4 is 17.7 Å². The predicted molar refractivity (Wildman–Crippen MR) is 134 cm³/mol. The number of likely N-dealkylation sites (tertiary alicyclic amines) is 1. The minimum absolute atomic E-state index is 0.439. The molecule has 1 unspecified atom stereocenters. The fourth-order valence-corrected chi connectivity index (χ4v) is 4.15. The summed E-state index contributed by atoms with van der Waals surface area (Å²) in [7, 11) is 2.06. The van der Waals surface area contributed by atoms with E-state index in [-0.39, 0.29) is 0 Å². The zero-order valence-electron chi connectivity index (χ0n) is 20.6. The number of hydrogen-bond donors (Lipinski definition) is 1. The van der Waals surface area contributed by atoms with Gasteiger partial charge in [0.05, 0.1) is 36.6 Å². The topological polar surface area (TPSA) is 72.3 Å². The first-order chi connectivity index (χ1) is 17.3. The van der Waals surface area contributed by atoms with Gasteiger partial charge in [-0.1, -0.05) is 30.9 Å². The minimum Gasteiger partial charge on any atom is -0.373 e. The van der Waals surface area contributed by atoms with E-state index in [9.17, 15) is 18.0 Å². The lowest BCUT2D eigenvalue weighted by molar-refractivity contribution is -0.137. The van der Waals surface area contributed by atoms with E-state index in [0.29, 0.717) is 42.9 Å². The third-order valence-corrected chi connectivity index (χ3v) is 6.10. The minimum atomic E-state index is -4.32. The molecule has 0 saturated carbocycles. The van der Waals surface area contributed by atoms with Gasteiger partial charge in [0.2, 0.25) is 0 Å². The van der Waals surface area contributed by atoms with Gasteiger partial charge in [-0.05, 0) is 45.5 Å². The second-order valence-electron chi connectivity index (χ2n) is 8.55. The average molecular weight is 504 g/mol. The highest BCUT2D eigenvalue weighted by Crippen LogP contribution is 2.29. The van der Waals surface area contributed by atoms with Gasteiger partial charge in [-0.25, -0.2) is 4.98 Å². The van der Waals surface area contributed by atoms with Crippen molar-refractivity contribution in [2.45, 2.75) is 45.1 Å². The van der Waals surface area contributed by atoms with Gasteiger partial charge in [-0.3, -0.25) is 9.48 Å². The number of carbonyl (C=O) groups excluding carboxylic acids is 1. The number of allylic oxidation sites excluding steroid dienone is 5. The zero-order chi connectivity index (χ0) is 26.1. The number of ether oxygens (including phenoxy) is 1.